The molecule has 4 nitrogen and oxygen atoms in total. The topological polar surface area (TPSA) is 57.8 Å². The highest BCUT2D eigenvalue weighted by Gasteiger charge is 2.09. The SMILES string of the molecule is O=C(Nc1ccc(F)cc1)c1ccc2cc[nH]c2n1. The van der Waals surface area contributed by atoms with E-state index in [2.05, 4.69) is 15.3 Å². The monoisotopic (exact) mass is 255 g/mol. The van der Waals surface area contributed by atoms with Gasteiger partial charge in [0.2, 0.25) is 0 Å². The molecule has 0 aliphatic heterocycles. The van der Waals surface area contributed by atoms with Crippen LogP contribution in [0.2, 0.25) is 0 Å². The summed E-state index contributed by atoms with van der Waals surface area (Å²) in [5.74, 6) is -0.674. The van der Waals surface area contributed by atoms with E-state index in [0.717, 1.165) is 5.39 Å². The van der Waals surface area contributed by atoms with E-state index < -0.39 is 0 Å². The Morgan fingerprint density at radius 2 is 1.89 bits per heavy atom. The number of aromatic nitrogens is 2. The zero-order chi connectivity index (χ0) is 13.2. The first-order valence-corrected chi connectivity index (χ1v) is 5.73. The number of carbonyl (C=O) groups excluding carboxylic acids is 1. The number of nitrogens with zero attached hydrogens (tertiary/aromatic N) is 1. The highest BCUT2D eigenvalue weighted by Crippen LogP contribution is 2.13. The van der Waals surface area contributed by atoms with Crippen LogP contribution < -0.4 is 5.32 Å². The lowest BCUT2D eigenvalue weighted by molar-refractivity contribution is 0.102. The quantitative estimate of drug-likeness (QED) is 0.739. The molecule has 1 amide bonds. The Morgan fingerprint density at radius 3 is 2.68 bits per heavy atom. The Kier molecular flexibility index (Phi) is 2.72. The van der Waals surface area contributed by atoms with Gasteiger partial charge in [0.15, 0.2) is 0 Å². The van der Waals surface area contributed by atoms with Crippen LogP contribution in [0.25, 0.3) is 11.0 Å². The van der Waals surface area contributed by atoms with E-state index in [-0.39, 0.29) is 11.7 Å². The second-order valence-corrected chi connectivity index (χ2v) is 4.07. The standard InChI is InChI=1S/C14H10FN3O/c15-10-2-4-11(5-3-10)17-14(19)12-6-1-9-7-8-16-13(9)18-12/h1-8H,(H,16,18)(H,17,19). The molecule has 1 aromatic carbocycles. The number of H-pyrrole nitrogens is 1. The molecule has 5 heteroatoms. The van der Waals surface area contributed by atoms with Gasteiger partial charge in [-0.05, 0) is 42.5 Å². The van der Waals surface area contributed by atoms with Gasteiger partial charge in [-0.15, -0.1) is 0 Å². The van der Waals surface area contributed by atoms with Crippen LogP contribution >= 0.6 is 0 Å². The number of halogens is 1. The molecular formula is C14H10FN3O. The number of benzene rings is 1. The molecule has 0 fully saturated rings. The number of anilines is 1. The van der Waals surface area contributed by atoms with Gasteiger partial charge in [0.1, 0.15) is 17.2 Å². The molecule has 0 aliphatic rings. The normalized spacial score (nSPS) is 10.6. The molecule has 0 bridgehead atoms. The molecule has 3 aromatic rings. The maximum absolute atomic E-state index is 12.8. The van der Waals surface area contributed by atoms with Crippen molar-refractivity contribution in [1.82, 2.24) is 9.97 Å². The summed E-state index contributed by atoms with van der Waals surface area (Å²) in [7, 11) is 0. The van der Waals surface area contributed by atoms with Crippen molar-refractivity contribution in [1.29, 1.82) is 0 Å². The smallest absolute Gasteiger partial charge is 0.274 e. The summed E-state index contributed by atoms with van der Waals surface area (Å²) in [6, 6.07) is 10.9. The van der Waals surface area contributed by atoms with Crippen molar-refractivity contribution >= 4 is 22.6 Å². The van der Waals surface area contributed by atoms with Crippen LogP contribution in [-0.4, -0.2) is 15.9 Å². The summed E-state index contributed by atoms with van der Waals surface area (Å²) in [6.07, 6.45) is 1.76. The summed E-state index contributed by atoms with van der Waals surface area (Å²) in [4.78, 5) is 19.1. The van der Waals surface area contributed by atoms with Gasteiger partial charge in [-0.1, -0.05) is 0 Å². The Hall–Kier alpha value is -2.69. The average molecular weight is 255 g/mol. The van der Waals surface area contributed by atoms with Gasteiger partial charge >= 0.3 is 0 Å². The summed E-state index contributed by atoms with van der Waals surface area (Å²) in [5, 5.41) is 3.60. The minimum atomic E-state index is -0.344. The van der Waals surface area contributed by atoms with Crippen molar-refractivity contribution in [3.8, 4) is 0 Å². The molecular weight excluding hydrogens is 245 g/mol. The lowest BCUT2D eigenvalue weighted by Crippen LogP contribution is -2.13. The van der Waals surface area contributed by atoms with E-state index >= 15 is 0 Å². The molecule has 0 spiro atoms. The minimum absolute atomic E-state index is 0.305. The fourth-order valence-corrected chi connectivity index (χ4v) is 1.79. The number of hydrogen-bond acceptors (Lipinski definition) is 2. The molecule has 2 N–H and O–H groups in total. The third kappa shape index (κ3) is 2.30. The van der Waals surface area contributed by atoms with Crippen LogP contribution in [0.15, 0.2) is 48.7 Å². The van der Waals surface area contributed by atoms with Crippen molar-refractivity contribution in [2.75, 3.05) is 5.32 Å². The summed E-state index contributed by atoms with van der Waals surface area (Å²) < 4.78 is 12.8. The molecule has 0 aliphatic carbocycles. The maximum atomic E-state index is 12.8. The zero-order valence-electron chi connectivity index (χ0n) is 9.85. The van der Waals surface area contributed by atoms with Crippen LogP contribution in [-0.2, 0) is 0 Å². The van der Waals surface area contributed by atoms with Crippen LogP contribution in [0.5, 0.6) is 0 Å². The first-order chi connectivity index (χ1) is 9.22. The van der Waals surface area contributed by atoms with E-state index in [0.29, 0.717) is 17.0 Å². The third-order valence-corrected chi connectivity index (χ3v) is 2.74. The van der Waals surface area contributed by atoms with Crippen molar-refractivity contribution in [2.24, 2.45) is 0 Å². The number of nitrogens with one attached hydrogen (secondary N) is 2. The fourth-order valence-electron chi connectivity index (χ4n) is 1.79. The summed E-state index contributed by atoms with van der Waals surface area (Å²) in [6.45, 7) is 0. The fraction of sp³-hybridized carbons (Fsp3) is 0. The van der Waals surface area contributed by atoms with Crippen molar-refractivity contribution in [3.63, 3.8) is 0 Å². The van der Waals surface area contributed by atoms with Crippen LogP contribution in [0.4, 0.5) is 10.1 Å². The average Bonchev–Trinajstić information content (AvgIpc) is 2.88. The van der Waals surface area contributed by atoms with E-state index in [1.165, 1.54) is 24.3 Å². The zero-order valence-corrected chi connectivity index (χ0v) is 9.85. The molecule has 0 radical (unpaired) electrons. The predicted molar refractivity (Wildman–Crippen MR) is 70.4 cm³/mol. The second-order valence-electron chi connectivity index (χ2n) is 4.07. The number of pyridine rings is 1. The molecule has 19 heavy (non-hydrogen) atoms. The summed E-state index contributed by atoms with van der Waals surface area (Å²) in [5.41, 5.74) is 1.49. The van der Waals surface area contributed by atoms with E-state index in [1.807, 2.05) is 12.1 Å². The van der Waals surface area contributed by atoms with Crippen molar-refractivity contribution in [3.05, 3.63) is 60.2 Å². The lowest BCUT2D eigenvalue weighted by Gasteiger charge is -2.04. The number of amides is 1. The van der Waals surface area contributed by atoms with Crippen molar-refractivity contribution < 1.29 is 9.18 Å². The molecule has 0 saturated carbocycles. The Bertz CT molecular complexity index is 734. The lowest BCUT2D eigenvalue weighted by atomic mass is 10.2. The number of aromatic amines is 1. The summed E-state index contributed by atoms with van der Waals surface area (Å²) >= 11 is 0. The first-order valence-electron chi connectivity index (χ1n) is 5.73. The number of carbonyl (C=O) groups is 1. The second kappa shape index (κ2) is 4.53. The molecule has 2 aromatic heterocycles. The number of hydrogen-bond donors (Lipinski definition) is 2. The molecule has 0 unspecified atom stereocenters. The highest BCUT2D eigenvalue weighted by molar-refractivity contribution is 6.03. The molecule has 0 atom stereocenters. The molecule has 2 heterocycles. The maximum Gasteiger partial charge on any atom is 0.274 e. The van der Waals surface area contributed by atoms with Gasteiger partial charge in [-0.2, -0.15) is 0 Å². The van der Waals surface area contributed by atoms with Gasteiger partial charge in [0.05, 0.1) is 0 Å². The van der Waals surface area contributed by atoms with E-state index in [9.17, 15) is 9.18 Å². The van der Waals surface area contributed by atoms with Crippen LogP contribution in [0.1, 0.15) is 10.5 Å². The predicted octanol–water partition coefficient (Wildman–Crippen LogP) is 2.95. The first kappa shape index (κ1) is 11.4. The van der Waals surface area contributed by atoms with Crippen LogP contribution in [0, 0.1) is 5.82 Å². The van der Waals surface area contributed by atoms with Crippen molar-refractivity contribution in [2.45, 2.75) is 0 Å². The van der Waals surface area contributed by atoms with Gasteiger partial charge in [-0.3, -0.25) is 4.79 Å². The van der Waals surface area contributed by atoms with Crippen LogP contribution in [0.3, 0.4) is 0 Å². The van der Waals surface area contributed by atoms with Gasteiger partial charge in [0, 0.05) is 17.3 Å². The molecule has 3 rings (SSSR count). The Labute approximate surface area is 108 Å². The molecule has 94 valence electrons. The van der Waals surface area contributed by atoms with E-state index in [4.69, 9.17) is 0 Å². The molecule has 0 saturated heterocycles. The Balaban J connectivity index is 1.84. The van der Waals surface area contributed by atoms with E-state index in [1.54, 1.807) is 12.3 Å². The number of fused-ring (bicyclic) bond motifs is 1. The van der Waals surface area contributed by atoms with Gasteiger partial charge in [-0.25, -0.2) is 9.37 Å². The number of rotatable bonds is 2. The van der Waals surface area contributed by atoms with Gasteiger partial charge < -0.3 is 10.3 Å². The van der Waals surface area contributed by atoms with Gasteiger partial charge in [0.25, 0.3) is 5.91 Å². The highest BCUT2D eigenvalue weighted by atomic mass is 19.1. The third-order valence-electron chi connectivity index (χ3n) is 2.74. The minimum Gasteiger partial charge on any atom is -0.346 e. The Morgan fingerprint density at radius 1 is 1.11 bits per heavy atom. The largest absolute Gasteiger partial charge is 0.346 e.